The molecule has 4 heteroatoms. The van der Waals surface area contributed by atoms with Crippen LogP contribution >= 0.6 is 0 Å². The highest BCUT2D eigenvalue weighted by Gasteiger charge is 2.26. The Kier molecular flexibility index (Phi) is 7.20. The van der Waals surface area contributed by atoms with Crippen molar-refractivity contribution in [1.82, 2.24) is 19.4 Å². The topological polar surface area (TPSA) is 43.1 Å². The van der Waals surface area contributed by atoms with Gasteiger partial charge in [-0.15, -0.1) is 0 Å². The molecule has 292 valence electrons. The lowest BCUT2D eigenvalue weighted by Crippen LogP contribution is -2.05. The van der Waals surface area contributed by atoms with Gasteiger partial charge in [0, 0.05) is 33.9 Å². The smallest absolute Gasteiger partial charge is 0.146 e. The van der Waals surface area contributed by atoms with Gasteiger partial charge in [-0.1, -0.05) is 133 Å². The van der Waals surface area contributed by atoms with E-state index >= 15 is 0 Å². The number of hydrogen-bond acceptors (Lipinski definition) is 3. The normalized spacial score (nSPS) is 13.0. The number of hydrogen-bond donors (Lipinski definition) is 0. The van der Waals surface area contributed by atoms with Gasteiger partial charge in [0.2, 0.25) is 0 Å². The fourth-order valence-electron chi connectivity index (χ4n) is 10.9. The van der Waals surface area contributed by atoms with Crippen LogP contribution in [0.5, 0.6) is 0 Å². The average molecular weight is 801 g/mol. The van der Waals surface area contributed by atoms with Gasteiger partial charge in [0.05, 0.1) is 27.6 Å². The predicted octanol–water partition coefficient (Wildman–Crippen LogP) is 15.2. The van der Waals surface area contributed by atoms with Crippen LogP contribution in [0.2, 0.25) is 0 Å². The number of rotatable bonds is 3. The summed E-state index contributed by atoms with van der Waals surface area (Å²) in [5.74, 6) is 0. The summed E-state index contributed by atoms with van der Waals surface area (Å²) >= 11 is 0. The minimum Gasteiger partial charge on any atom is -0.291 e. The second-order valence-electron chi connectivity index (χ2n) is 17.0. The Hall–Kier alpha value is -8.21. The summed E-state index contributed by atoms with van der Waals surface area (Å²) in [6.07, 6.45) is 8.08. The van der Waals surface area contributed by atoms with E-state index < -0.39 is 0 Å². The van der Waals surface area contributed by atoms with Crippen LogP contribution < -0.4 is 0 Å². The van der Waals surface area contributed by atoms with Crippen molar-refractivity contribution < 1.29 is 0 Å². The molecule has 0 spiro atoms. The number of allylic oxidation sites excluding steroid dienone is 1. The van der Waals surface area contributed by atoms with Crippen molar-refractivity contribution in [2.75, 3.05) is 0 Å². The van der Waals surface area contributed by atoms with E-state index in [1.807, 2.05) is 24.5 Å². The number of pyridine rings is 3. The Bertz CT molecular complexity index is 4160. The van der Waals surface area contributed by atoms with E-state index in [1.54, 1.807) is 0 Å². The highest BCUT2D eigenvalue weighted by molar-refractivity contribution is 6.25. The molecule has 0 radical (unpaired) electrons. The van der Waals surface area contributed by atoms with Crippen LogP contribution in [0.3, 0.4) is 0 Å². The summed E-state index contributed by atoms with van der Waals surface area (Å²) in [4.78, 5) is 15.1. The first-order valence-electron chi connectivity index (χ1n) is 21.8. The molecule has 1 aliphatic carbocycles. The third-order valence-corrected chi connectivity index (χ3v) is 13.7. The van der Waals surface area contributed by atoms with Crippen LogP contribution in [0.25, 0.3) is 126 Å². The third-order valence-electron chi connectivity index (χ3n) is 13.7. The van der Waals surface area contributed by atoms with Gasteiger partial charge >= 0.3 is 0 Å². The maximum absolute atomic E-state index is 5.48. The van der Waals surface area contributed by atoms with Crippen molar-refractivity contribution in [1.29, 1.82) is 0 Å². The highest BCUT2D eigenvalue weighted by Crippen LogP contribution is 2.48. The van der Waals surface area contributed by atoms with Crippen molar-refractivity contribution in [2.45, 2.75) is 12.8 Å². The summed E-state index contributed by atoms with van der Waals surface area (Å²) in [5.41, 5.74) is 16.3. The Labute approximate surface area is 362 Å². The van der Waals surface area contributed by atoms with E-state index in [2.05, 4.69) is 174 Å². The molecule has 0 saturated carbocycles. The van der Waals surface area contributed by atoms with Gasteiger partial charge in [-0.3, -0.25) is 14.4 Å². The number of benzene rings is 9. The Morgan fingerprint density at radius 2 is 0.984 bits per heavy atom. The third kappa shape index (κ3) is 5.00. The standard InChI is InChI=1S/C59H36N4/c1-3-13-37-31-41(23-21-35(37)11-1)53-44-16-5-6-17-45(44)54(42-24-22-36-12-2-4-14-38(36)32-42)51-34-40(25-27-46(51)53)39-26-28-47-50(33-39)43-15-7-8-20-52(43)63-58-49-19-10-30-61-56(49)55-48(18-9-29-60-55)57(58)62-59(47)63/h1-24,26,28-34H,25,27H2. The SMILES string of the molecule is C1=C(c2ccc3c(c2)c2ccccc2n2c3nc3c4cccnc4c4ncccc4c32)CCc2c1c(-c1ccc3ccccc3c1)c1ccccc1c2-c1ccc2ccccc2c1. The zero-order chi connectivity index (χ0) is 41.2. The summed E-state index contributed by atoms with van der Waals surface area (Å²) in [7, 11) is 0. The summed E-state index contributed by atoms with van der Waals surface area (Å²) in [6.45, 7) is 0. The molecule has 13 aromatic rings. The zero-order valence-corrected chi connectivity index (χ0v) is 34.2. The first kappa shape index (κ1) is 34.5. The van der Waals surface area contributed by atoms with Gasteiger partial charge in [0.1, 0.15) is 5.65 Å². The van der Waals surface area contributed by atoms with E-state index in [1.165, 1.54) is 87.6 Å². The van der Waals surface area contributed by atoms with Gasteiger partial charge in [-0.25, -0.2) is 4.98 Å². The molecule has 0 N–H and O–H groups in total. The molecule has 0 aliphatic heterocycles. The Morgan fingerprint density at radius 3 is 1.73 bits per heavy atom. The molecule has 0 saturated heterocycles. The second-order valence-corrected chi connectivity index (χ2v) is 17.0. The summed E-state index contributed by atoms with van der Waals surface area (Å²) < 4.78 is 2.36. The van der Waals surface area contributed by atoms with E-state index in [0.29, 0.717) is 0 Å². The van der Waals surface area contributed by atoms with E-state index in [-0.39, 0.29) is 0 Å². The number of imidazole rings is 1. The highest BCUT2D eigenvalue weighted by atomic mass is 15.0. The lowest BCUT2D eigenvalue weighted by molar-refractivity contribution is 1.01. The first-order chi connectivity index (χ1) is 31.2. The molecule has 4 aromatic heterocycles. The molecule has 1 aliphatic rings. The molecule has 0 amide bonds. The van der Waals surface area contributed by atoms with Gasteiger partial charge in [0.15, 0.2) is 0 Å². The maximum atomic E-state index is 5.48. The molecule has 4 nitrogen and oxygen atoms in total. The fraction of sp³-hybridized carbons (Fsp3) is 0.0339. The maximum Gasteiger partial charge on any atom is 0.146 e. The van der Waals surface area contributed by atoms with Gasteiger partial charge in [0.25, 0.3) is 0 Å². The Balaban J connectivity index is 1.04. The van der Waals surface area contributed by atoms with Crippen LogP contribution in [-0.4, -0.2) is 19.4 Å². The van der Waals surface area contributed by atoms with Gasteiger partial charge in [-0.05, 0) is 144 Å². The van der Waals surface area contributed by atoms with Crippen LogP contribution in [0.4, 0.5) is 0 Å². The molecule has 14 rings (SSSR count). The fourth-order valence-corrected chi connectivity index (χ4v) is 10.9. The minimum atomic E-state index is 0.879. The molecule has 0 bridgehead atoms. The molecule has 9 aromatic carbocycles. The van der Waals surface area contributed by atoms with E-state index in [0.717, 1.165) is 62.2 Å². The summed E-state index contributed by atoms with van der Waals surface area (Å²) in [5, 5.41) is 13.2. The van der Waals surface area contributed by atoms with E-state index in [4.69, 9.17) is 15.0 Å². The minimum absolute atomic E-state index is 0.879. The van der Waals surface area contributed by atoms with Crippen molar-refractivity contribution in [3.05, 3.63) is 205 Å². The van der Waals surface area contributed by atoms with Crippen molar-refractivity contribution in [3.8, 4) is 22.3 Å². The first-order valence-corrected chi connectivity index (χ1v) is 21.8. The van der Waals surface area contributed by atoms with Crippen molar-refractivity contribution >= 4 is 104 Å². The molecule has 63 heavy (non-hydrogen) atoms. The second kappa shape index (κ2) is 13.1. The number of nitrogens with zero attached hydrogens (tertiary/aromatic N) is 4. The zero-order valence-electron chi connectivity index (χ0n) is 34.2. The van der Waals surface area contributed by atoms with Crippen LogP contribution in [0.1, 0.15) is 23.1 Å². The van der Waals surface area contributed by atoms with Crippen LogP contribution in [0, 0.1) is 0 Å². The number of fused-ring (bicyclic) bond motifs is 17. The lowest BCUT2D eigenvalue weighted by Gasteiger charge is -2.26. The molecule has 0 unspecified atom stereocenters. The Morgan fingerprint density at radius 1 is 0.397 bits per heavy atom. The molecule has 4 heterocycles. The molecular weight excluding hydrogens is 765 g/mol. The molecular formula is C59H36N4. The van der Waals surface area contributed by atoms with Crippen LogP contribution in [-0.2, 0) is 6.42 Å². The van der Waals surface area contributed by atoms with Crippen molar-refractivity contribution in [3.63, 3.8) is 0 Å². The van der Waals surface area contributed by atoms with Gasteiger partial charge in [-0.2, -0.15) is 0 Å². The number of para-hydroxylation sites is 1. The quantitative estimate of drug-likeness (QED) is 0.167. The average Bonchev–Trinajstić information content (AvgIpc) is 3.77. The van der Waals surface area contributed by atoms with Gasteiger partial charge < -0.3 is 0 Å². The van der Waals surface area contributed by atoms with E-state index in [9.17, 15) is 0 Å². The summed E-state index contributed by atoms with van der Waals surface area (Å²) in [6, 6.07) is 64.6. The monoisotopic (exact) mass is 800 g/mol. The largest absolute Gasteiger partial charge is 0.291 e. The lowest BCUT2D eigenvalue weighted by atomic mass is 9.77. The predicted molar refractivity (Wildman–Crippen MR) is 264 cm³/mol. The molecule has 0 atom stereocenters. The number of aromatic nitrogens is 4. The van der Waals surface area contributed by atoms with Crippen molar-refractivity contribution in [2.24, 2.45) is 0 Å². The van der Waals surface area contributed by atoms with Crippen LogP contribution in [0.15, 0.2) is 188 Å². The molecule has 0 fully saturated rings.